The number of rotatable bonds is 12. The average molecular weight is 616 g/mol. The van der Waals surface area contributed by atoms with Crippen LogP contribution in [0.5, 0.6) is 5.88 Å². The Hall–Kier alpha value is -5.00. The number of nitrogens with two attached hydrogens (primary N) is 1. The molecule has 1 aliphatic carbocycles. The number of benzene rings is 1. The maximum Gasteiger partial charge on any atom is 0.311 e. The number of nitrogens with one attached hydrogen (secondary N) is 2. The molecule has 0 amide bonds. The van der Waals surface area contributed by atoms with Crippen LogP contribution in [0.4, 0.5) is 5.82 Å². The quantitative estimate of drug-likeness (QED) is 0.0739. The molecule has 0 spiro atoms. The fourth-order valence-electron chi connectivity index (χ4n) is 5.05. The monoisotopic (exact) mass is 615 g/mol. The zero-order chi connectivity index (χ0) is 32.7. The molecule has 4 aromatic rings. The van der Waals surface area contributed by atoms with E-state index in [1.165, 1.54) is 18.4 Å². The van der Waals surface area contributed by atoms with Gasteiger partial charge in [-0.15, -0.1) is 0 Å². The number of hydrogen-bond acceptors (Lipinski definition) is 9. The number of aryl methyl sites for hydroxylation is 2. The molecule has 0 bridgehead atoms. The molecular formula is C33H41N7O5. The molecule has 1 aromatic carbocycles. The van der Waals surface area contributed by atoms with Gasteiger partial charge in [0.15, 0.2) is 0 Å². The van der Waals surface area contributed by atoms with Crippen LogP contribution in [0, 0.1) is 24.7 Å². The first-order valence-corrected chi connectivity index (χ1v) is 14.9. The molecule has 45 heavy (non-hydrogen) atoms. The van der Waals surface area contributed by atoms with E-state index in [1.54, 1.807) is 13.0 Å². The van der Waals surface area contributed by atoms with Gasteiger partial charge in [0.25, 0.3) is 6.47 Å². The van der Waals surface area contributed by atoms with E-state index in [4.69, 9.17) is 40.5 Å². The number of amidine groups is 1. The molecule has 1 aliphatic rings. The van der Waals surface area contributed by atoms with E-state index < -0.39 is 5.41 Å². The summed E-state index contributed by atoms with van der Waals surface area (Å²) in [5.74, 6) is 1.84. The second kappa shape index (κ2) is 14.2. The number of carbonyl (C=O) groups excluding carboxylic acids is 1. The lowest BCUT2D eigenvalue weighted by molar-refractivity contribution is -0.153. The number of pyridine rings is 1. The molecule has 12 nitrogen and oxygen atoms in total. The van der Waals surface area contributed by atoms with Crippen molar-refractivity contribution in [3.63, 3.8) is 0 Å². The number of nitrogens with zero attached hydrogens (tertiary/aromatic N) is 4. The summed E-state index contributed by atoms with van der Waals surface area (Å²) in [5.41, 5.74) is 11.7. The highest BCUT2D eigenvalue weighted by atomic mass is 16.5. The number of aromatic nitrogens is 4. The fourth-order valence-corrected chi connectivity index (χ4v) is 5.05. The number of esters is 1. The molecule has 0 atom stereocenters. The van der Waals surface area contributed by atoms with Gasteiger partial charge in [-0.25, -0.2) is 9.97 Å². The minimum Gasteiger partial charge on any atom is -0.483 e. The Balaban J connectivity index is 0.00000148. The van der Waals surface area contributed by atoms with Crippen LogP contribution in [0.15, 0.2) is 42.7 Å². The van der Waals surface area contributed by atoms with Crippen LogP contribution in [0.3, 0.4) is 0 Å². The summed E-state index contributed by atoms with van der Waals surface area (Å²) in [6.45, 7) is 10.2. The third-order valence-corrected chi connectivity index (χ3v) is 7.57. The zero-order valence-corrected chi connectivity index (χ0v) is 26.4. The Morgan fingerprint density at radius 3 is 2.47 bits per heavy atom. The van der Waals surface area contributed by atoms with E-state index in [1.807, 2.05) is 52.1 Å². The van der Waals surface area contributed by atoms with E-state index in [-0.39, 0.29) is 31.3 Å². The van der Waals surface area contributed by atoms with Crippen LogP contribution >= 0.6 is 0 Å². The number of fused-ring (bicyclic) bond motifs is 1. The third-order valence-electron chi connectivity index (χ3n) is 7.57. The van der Waals surface area contributed by atoms with Crippen LogP contribution in [-0.2, 0) is 33.9 Å². The van der Waals surface area contributed by atoms with Gasteiger partial charge in [0, 0.05) is 37.0 Å². The van der Waals surface area contributed by atoms with Crippen LogP contribution in [-0.4, -0.2) is 49.3 Å². The molecule has 3 heterocycles. The van der Waals surface area contributed by atoms with Crippen molar-refractivity contribution in [1.82, 2.24) is 19.4 Å². The zero-order valence-electron chi connectivity index (χ0n) is 26.4. The van der Waals surface area contributed by atoms with Crippen molar-refractivity contribution in [2.45, 2.75) is 73.0 Å². The number of carboxylic acid groups (broad SMARTS) is 1. The molecule has 5 N–H and O–H groups in total. The molecule has 3 aromatic heterocycles. The van der Waals surface area contributed by atoms with Crippen LogP contribution in [0.1, 0.15) is 78.9 Å². The number of hydrogen-bond donors (Lipinski definition) is 4. The van der Waals surface area contributed by atoms with E-state index in [9.17, 15) is 4.79 Å². The average Bonchev–Trinajstić information content (AvgIpc) is 3.75. The number of anilines is 1. The highest BCUT2D eigenvalue weighted by Crippen LogP contribution is 2.39. The van der Waals surface area contributed by atoms with Gasteiger partial charge in [0.2, 0.25) is 5.88 Å². The lowest BCUT2D eigenvalue weighted by Gasteiger charge is -2.22. The predicted octanol–water partition coefficient (Wildman–Crippen LogP) is 4.93. The first-order valence-electron chi connectivity index (χ1n) is 14.9. The van der Waals surface area contributed by atoms with Crippen molar-refractivity contribution >= 4 is 29.7 Å². The molecule has 0 saturated heterocycles. The van der Waals surface area contributed by atoms with Gasteiger partial charge in [-0.2, -0.15) is 4.98 Å². The summed E-state index contributed by atoms with van der Waals surface area (Å²) in [5, 5.41) is 18.1. The van der Waals surface area contributed by atoms with E-state index in [0.29, 0.717) is 42.2 Å². The molecule has 0 aliphatic heterocycles. The summed E-state index contributed by atoms with van der Waals surface area (Å²) < 4.78 is 13.5. The second-order valence-corrected chi connectivity index (χ2v) is 11.8. The number of imidazole rings is 1. The highest BCUT2D eigenvalue weighted by molar-refractivity contribution is 5.95. The molecule has 1 saturated carbocycles. The number of carbonyl (C=O) groups is 2. The number of ether oxygens (including phenoxy) is 2. The predicted molar refractivity (Wildman–Crippen MR) is 171 cm³/mol. The van der Waals surface area contributed by atoms with Gasteiger partial charge >= 0.3 is 5.97 Å². The first kappa shape index (κ1) is 32.9. The Bertz CT molecular complexity index is 1670. The lowest BCUT2D eigenvalue weighted by Crippen LogP contribution is -2.30. The molecular weight excluding hydrogens is 574 g/mol. The van der Waals surface area contributed by atoms with E-state index >= 15 is 0 Å². The Kier molecular flexibility index (Phi) is 10.4. The minimum absolute atomic E-state index is 0.0427. The van der Waals surface area contributed by atoms with E-state index in [2.05, 4.69) is 27.0 Å². The van der Waals surface area contributed by atoms with Crippen molar-refractivity contribution < 1.29 is 24.2 Å². The second-order valence-electron chi connectivity index (χ2n) is 11.8. The Morgan fingerprint density at radius 2 is 1.84 bits per heavy atom. The van der Waals surface area contributed by atoms with E-state index in [0.717, 1.165) is 28.0 Å². The van der Waals surface area contributed by atoms with Crippen LogP contribution in [0.2, 0.25) is 0 Å². The lowest BCUT2D eigenvalue weighted by atomic mass is 9.89. The van der Waals surface area contributed by atoms with Crippen molar-refractivity contribution in [3.8, 4) is 5.88 Å². The Morgan fingerprint density at radius 1 is 1.16 bits per heavy atom. The van der Waals surface area contributed by atoms with Gasteiger partial charge in [0.1, 0.15) is 29.7 Å². The highest BCUT2D eigenvalue weighted by Gasteiger charge is 2.31. The van der Waals surface area contributed by atoms with Gasteiger partial charge in [0.05, 0.1) is 17.7 Å². The van der Waals surface area contributed by atoms with Crippen LogP contribution in [0.25, 0.3) is 5.65 Å². The van der Waals surface area contributed by atoms with Gasteiger partial charge in [-0.3, -0.25) is 15.0 Å². The molecule has 0 radical (unpaired) electrons. The summed E-state index contributed by atoms with van der Waals surface area (Å²) in [6.07, 6.45) is 6.92. The topological polar surface area (TPSA) is 178 Å². The van der Waals surface area contributed by atoms with Gasteiger partial charge in [-0.1, -0.05) is 6.07 Å². The van der Waals surface area contributed by atoms with Crippen molar-refractivity contribution in [2.75, 3.05) is 11.9 Å². The Labute approximate surface area is 262 Å². The summed E-state index contributed by atoms with van der Waals surface area (Å²) in [6, 6.07) is 9.79. The molecule has 5 rings (SSSR count). The molecule has 12 heteroatoms. The maximum atomic E-state index is 12.6. The summed E-state index contributed by atoms with van der Waals surface area (Å²) >= 11 is 0. The largest absolute Gasteiger partial charge is 0.483 e. The molecule has 0 unspecified atom stereocenters. The van der Waals surface area contributed by atoms with Crippen molar-refractivity contribution in [1.29, 1.82) is 5.41 Å². The van der Waals surface area contributed by atoms with Gasteiger partial charge in [-0.05, 0) is 93.8 Å². The molecule has 238 valence electrons. The summed E-state index contributed by atoms with van der Waals surface area (Å²) in [7, 11) is 0. The number of nitrogen functional groups attached to an aromatic ring is 1. The van der Waals surface area contributed by atoms with Crippen LogP contribution < -0.4 is 15.8 Å². The normalized spacial score (nSPS) is 12.6. The fraction of sp³-hybridized carbons (Fsp3) is 0.394. The molecule has 1 fully saturated rings. The third kappa shape index (κ3) is 8.55. The van der Waals surface area contributed by atoms with Gasteiger partial charge < -0.3 is 30.0 Å². The van der Waals surface area contributed by atoms with Crippen molar-refractivity contribution in [2.24, 2.45) is 11.1 Å². The SMILES string of the molecule is CCOC(=O)C(C)(C)Cc1nc(NCc2c(C)cc(C(=N)N)cc2C)cc(OCc2cn3cc(C4CC4)ccc3n2)n1.O=CO. The maximum absolute atomic E-state index is 12.6. The smallest absolute Gasteiger partial charge is 0.311 e. The summed E-state index contributed by atoms with van der Waals surface area (Å²) in [4.78, 5) is 35.0. The standard InChI is InChI=1S/C32H39N7O3.CH2O2/c1-6-41-31(40)32(4,5)14-27-37-26(35-15-25-19(2)11-23(30(33)34)12-20(25)3)13-29(38-27)42-18-24-17-39-16-22(21-7-8-21)9-10-28(39)36-24;2-1-3/h9-13,16-17,21H,6-8,14-15,18H2,1-5H3,(H3,33,34)(H,35,37,38);1H,(H,2,3). The minimum atomic E-state index is -0.817. The van der Waals surface area contributed by atoms with Crippen molar-refractivity contribution in [3.05, 3.63) is 82.1 Å². The first-order chi connectivity index (χ1) is 21.4.